The summed E-state index contributed by atoms with van der Waals surface area (Å²) < 4.78 is 5.24. The second-order valence-corrected chi connectivity index (χ2v) is 5.66. The Morgan fingerprint density at radius 3 is 2.74 bits per heavy atom. The van der Waals surface area contributed by atoms with Crippen molar-refractivity contribution in [1.82, 2.24) is 4.90 Å². The number of ether oxygens (including phenoxy) is 1. The zero-order valence-electron chi connectivity index (χ0n) is 11.1. The predicted octanol–water partition coefficient (Wildman–Crippen LogP) is 4.02. The third-order valence-corrected chi connectivity index (χ3v) is 4.01. The quantitative estimate of drug-likeness (QED) is 0.826. The summed E-state index contributed by atoms with van der Waals surface area (Å²) in [5, 5.41) is 0.807. The molecule has 1 aromatic rings. The lowest BCUT2D eigenvalue weighted by atomic mass is 10.0. The van der Waals surface area contributed by atoms with Crippen molar-refractivity contribution in [2.75, 3.05) is 13.7 Å². The van der Waals surface area contributed by atoms with Gasteiger partial charge in [0.2, 0.25) is 0 Å². The second-order valence-electron chi connectivity index (χ2n) is 4.81. The Hall–Kier alpha value is -0.930. The zero-order valence-corrected chi connectivity index (χ0v) is 12.6. The highest BCUT2D eigenvalue weighted by Gasteiger charge is 2.27. The number of methoxy groups -OCH3 is 1. The predicted molar refractivity (Wildman–Crippen MR) is 77.4 cm³/mol. The maximum absolute atomic E-state index is 12.6. The van der Waals surface area contributed by atoms with Crippen LogP contribution in [0.3, 0.4) is 0 Å². The number of carbonyl (C=O) groups is 1. The molecule has 2 rings (SSSR count). The first-order valence-corrected chi connectivity index (χ1v) is 7.14. The van der Waals surface area contributed by atoms with Gasteiger partial charge in [0.05, 0.1) is 17.7 Å². The number of halogens is 2. The summed E-state index contributed by atoms with van der Waals surface area (Å²) in [5.74, 6) is 0.335. The minimum absolute atomic E-state index is 0.0616. The number of nitrogens with zero attached hydrogens (tertiary/aromatic N) is 1. The van der Waals surface area contributed by atoms with E-state index in [9.17, 15) is 4.79 Å². The van der Waals surface area contributed by atoms with Crippen molar-refractivity contribution in [3.63, 3.8) is 0 Å². The Labute approximate surface area is 123 Å². The van der Waals surface area contributed by atoms with E-state index >= 15 is 0 Å². The molecule has 1 atom stereocenters. The average Bonchev–Trinajstić information content (AvgIpc) is 2.37. The molecule has 1 aliphatic rings. The van der Waals surface area contributed by atoms with Crippen LogP contribution in [-0.4, -0.2) is 30.5 Å². The first-order valence-electron chi connectivity index (χ1n) is 6.38. The van der Waals surface area contributed by atoms with Gasteiger partial charge in [0.1, 0.15) is 5.75 Å². The molecule has 1 fully saturated rings. The van der Waals surface area contributed by atoms with Crippen LogP contribution in [0.5, 0.6) is 5.75 Å². The summed E-state index contributed by atoms with van der Waals surface area (Å²) >= 11 is 12.1. The molecule has 0 radical (unpaired) electrons. The molecule has 1 aliphatic heterocycles. The monoisotopic (exact) mass is 301 g/mol. The molecule has 3 nitrogen and oxygen atoms in total. The standard InChI is InChI=1S/C14H17Cl2NO2/c1-9-5-3-4-6-17(9)14(18)11-7-10(15)8-12(16)13(11)19-2/h7-9H,3-6H2,1-2H3/t9-/m0/s1. The number of piperidine rings is 1. The van der Waals surface area contributed by atoms with Crippen molar-refractivity contribution in [3.05, 3.63) is 27.7 Å². The van der Waals surface area contributed by atoms with E-state index in [4.69, 9.17) is 27.9 Å². The van der Waals surface area contributed by atoms with Gasteiger partial charge in [-0.1, -0.05) is 23.2 Å². The summed E-state index contributed by atoms with van der Waals surface area (Å²) in [5.41, 5.74) is 0.439. The number of carbonyl (C=O) groups excluding carboxylic acids is 1. The smallest absolute Gasteiger partial charge is 0.257 e. The van der Waals surface area contributed by atoms with E-state index in [0.717, 1.165) is 19.4 Å². The third-order valence-electron chi connectivity index (χ3n) is 3.51. The number of hydrogen-bond donors (Lipinski definition) is 0. The Balaban J connectivity index is 2.37. The zero-order chi connectivity index (χ0) is 14.0. The van der Waals surface area contributed by atoms with E-state index in [2.05, 4.69) is 6.92 Å². The molecule has 1 saturated heterocycles. The molecule has 104 valence electrons. The highest BCUT2D eigenvalue weighted by molar-refractivity contribution is 6.36. The van der Waals surface area contributed by atoms with Crippen LogP contribution in [0.1, 0.15) is 36.5 Å². The number of benzene rings is 1. The van der Waals surface area contributed by atoms with Crippen LogP contribution in [0.4, 0.5) is 0 Å². The topological polar surface area (TPSA) is 29.5 Å². The normalized spacial score (nSPS) is 19.4. The molecular weight excluding hydrogens is 285 g/mol. The molecule has 0 saturated carbocycles. The molecule has 0 aromatic heterocycles. The largest absolute Gasteiger partial charge is 0.494 e. The van der Waals surface area contributed by atoms with Gasteiger partial charge in [0, 0.05) is 17.6 Å². The average molecular weight is 302 g/mol. The Morgan fingerprint density at radius 1 is 1.37 bits per heavy atom. The van der Waals surface area contributed by atoms with Crippen molar-refractivity contribution < 1.29 is 9.53 Å². The molecule has 19 heavy (non-hydrogen) atoms. The molecule has 0 N–H and O–H groups in total. The fraction of sp³-hybridized carbons (Fsp3) is 0.500. The lowest BCUT2D eigenvalue weighted by molar-refractivity contribution is 0.0632. The highest BCUT2D eigenvalue weighted by atomic mass is 35.5. The maximum atomic E-state index is 12.6. The van der Waals surface area contributed by atoms with Crippen LogP contribution in [0.2, 0.25) is 10.0 Å². The van der Waals surface area contributed by atoms with Gasteiger partial charge >= 0.3 is 0 Å². The molecule has 1 heterocycles. The summed E-state index contributed by atoms with van der Waals surface area (Å²) in [4.78, 5) is 14.5. The van der Waals surface area contributed by atoms with Gasteiger partial charge in [-0.15, -0.1) is 0 Å². The lowest BCUT2D eigenvalue weighted by Gasteiger charge is -2.33. The van der Waals surface area contributed by atoms with E-state index < -0.39 is 0 Å². The van der Waals surface area contributed by atoms with Crippen molar-refractivity contribution in [3.8, 4) is 5.75 Å². The SMILES string of the molecule is COc1c(Cl)cc(Cl)cc1C(=O)N1CCCC[C@@H]1C. The Kier molecular flexibility index (Phi) is 4.58. The highest BCUT2D eigenvalue weighted by Crippen LogP contribution is 2.34. The van der Waals surface area contributed by atoms with Crippen LogP contribution in [0.25, 0.3) is 0 Å². The summed E-state index contributed by atoms with van der Waals surface area (Å²) in [7, 11) is 1.51. The van der Waals surface area contributed by atoms with Gasteiger partial charge in [-0.2, -0.15) is 0 Å². The van der Waals surface area contributed by atoms with Gasteiger partial charge in [0.25, 0.3) is 5.91 Å². The van der Waals surface area contributed by atoms with Crippen LogP contribution in [0.15, 0.2) is 12.1 Å². The number of likely N-dealkylation sites (tertiary alicyclic amines) is 1. The van der Waals surface area contributed by atoms with E-state index in [1.165, 1.54) is 13.5 Å². The van der Waals surface area contributed by atoms with Gasteiger partial charge in [-0.05, 0) is 38.3 Å². The van der Waals surface area contributed by atoms with E-state index in [-0.39, 0.29) is 11.9 Å². The third kappa shape index (κ3) is 2.98. The molecule has 0 bridgehead atoms. The van der Waals surface area contributed by atoms with Crippen molar-refractivity contribution in [1.29, 1.82) is 0 Å². The van der Waals surface area contributed by atoms with Gasteiger partial charge in [-0.3, -0.25) is 4.79 Å². The molecule has 5 heteroatoms. The van der Waals surface area contributed by atoms with Gasteiger partial charge in [-0.25, -0.2) is 0 Å². The molecule has 0 aliphatic carbocycles. The molecule has 1 amide bonds. The Morgan fingerprint density at radius 2 is 2.11 bits per heavy atom. The van der Waals surface area contributed by atoms with Crippen molar-refractivity contribution in [2.24, 2.45) is 0 Å². The minimum atomic E-state index is -0.0616. The lowest BCUT2D eigenvalue weighted by Crippen LogP contribution is -2.42. The fourth-order valence-corrected chi connectivity index (χ4v) is 3.05. The first kappa shape index (κ1) is 14.5. The first-order chi connectivity index (χ1) is 9.04. The van der Waals surface area contributed by atoms with E-state index in [0.29, 0.717) is 21.4 Å². The summed E-state index contributed by atoms with van der Waals surface area (Å²) in [6.07, 6.45) is 3.23. The number of amides is 1. The minimum Gasteiger partial charge on any atom is -0.494 e. The number of rotatable bonds is 2. The van der Waals surface area contributed by atoms with Gasteiger partial charge < -0.3 is 9.64 Å². The molecule has 1 aromatic carbocycles. The fourth-order valence-electron chi connectivity index (χ4n) is 2.48. The van der Waals surface area contributed by atoms with Gasteiger partial charge in [0.15, 0.2) is 0 Å². The van der Waals surface area contributed by atoms with Crippen LogP contribution >= 0.6 is 23.2 Å². The van der Waals surface area contributed by atoms with Crippen molar-refractivity contribution >= 4 is 29.1 Å². The van der Waals surface area contributed by atoms with E-state index in [1.54, 1.807) is 12.1 Å². The van der Waals surface area contributed by atoms with E-state index in [1.807, 2.05) is 4.90 Å². The van der Waals surface area contributed by atoms with Crippen molar-refractivity contribution in [2.45, 2.75) is 32.2 Å². The summed E-state index contributed by atoms with van der Waals surface area (Å²) in [6, 6.07) is 3.44. The van der Waals surface area contributed by atoms with Crippen LogP contribution in [0, 0.1) is 0 Å². The summed E-state index contributed by atoms with van der Waals surface area (Å²) in [6.45, 7) is 2.84. The molecule has 0 unspecified atom stereocenters. The molecular formula is C14H17Cl2NO2. The van der Waals surface area contributed by atoms with Crippen LogP contribution in [-0.2, 0) is 0 Å². The maximum Gasteiger partial charge on any atom is 0.257 e. The van der Waals surface area contributed by atoms with Crippen LogP contribution < -0.4 is 4.74 Å². The molecule has 0 spiro atoms. The number of hydrogen-bond acceptors (Lipinski definition) is 2. The Bertz CT molecular complexity index is 491. The second kappa shape index (κ2) is 6.02.